The van der Waals surface area contributed by atoms with E-state index in [9.17, 15) is 0 Å². The number of hydrogen-bond donors (Lipinski definition) is 2. The summed E-state index contributed by atoms with van der Waals surface area (Å²) < 4.78 is 0. The van der Waals surface area contributed by atoms with Crippen LogP contribution < -0.4 is 10.6 Å². The summed E-state index contributed by atoms with van der Waals surface area (Å²) in [6, 6.07) is 0. The number of nitrogens with zero attached hydrogens (tertiary/aromatic N) is 2. The second kappa shape index (κ2) is 9.36. The first kappa shape index (κ1) is 19.9. The van der Waals surface area contributed by atoms with Gasteiger partial charge in [0.2, 0.25) is 0 Å². The molecule has 0 spiro atoms. The maximum absolute atomic E-state index is 4.73. The van der Waals surface area contributed by atoms with Gasteiger partial charge in [0, 0.05) is 18.5 Å². The van der Waals surface area contributed by atoms with E-state index in [1.807, 2.05) is 0 Å². The van der Waals surface area contributed by atoms with Gasteiger partial charge in [0.25, 0.3) is 0 Å². The molecule has 2 aliphatic rings. The monoisotopic (exact) mass is 462 g/mol. The average Bonchev–Trinajstić information content (AvgIpc) is 3.45. The van der Waals surface area contributed by atoms with Crippen molar-refractivity contribution < 1.29 is 0 Å². The van der Waals surface area contributed by atoms with E-state index in [0.717, 1.165) is 41.8 Å². The van der Waals surface area contributed by atoms with Crippen LogP contribution in [0.3, 0.4) is 0 Å². The molecule has 0 amide bonds. The van der Waals surface area contributed by atoms with Crippen LogP contribution in [-0.4, -0.2) is 24.0 Å². The Morgan fingerprint density at radius 3 is 2.42 bits per heavy atom. The molecule has 136 valence electrons. The van der Waals surface area contributed by atoms with Crippen molar-refractivity contribution in [3.05, 3.63) is 16.1 Å². The van der Waals surface area contributed by atoms with Gasteiger partial charge in [0.05, 0.1) is 12.2 Å². The largest absolute Gasteiger partial charge is 0.357 e. The number of hydrogen-bond acceptors (Lipinski definition) is 3. The second-order valence-electron chi connectivity index (χ2n) is 7.24. The molecule has 0 aromatic carbocycles. The van der Waals surface area contributed by atoms with Gasteiger partial charge in [-0.2, -0.15) is 0 Å². The van der Waals surface area contributed by atoms with E-state index < -0.39 is 0 Å². The van der Waals surface area contributed by atoms with Gasteiger partial charge in [-0.15, -0.1) is 35.3 Å². The average molecular weight is 462 g/mol. The molecule has 2 aliphatic carbocycles. The predicted octanol–water partition coefficient (Wildman–Crippen LogP) is 4.38. The van der Waals surface area contributed by atoms with Crippen LogP contribution in [0.15, 0.2) is 10.4 Å². The van der Waals surface area contributed by atoms with E-state index in [-0.39, 0.29) is 24.0 Å². The third-order valence-electron chi connectivity index (χ3n) is 4.84. The van der Waals surface area contributed by atoms with Crippen molar-refractivity contribution in [1.29, 1.82) is 0 Å². The van der Waals surface area contributed by atoms with Gasteiger partial charge in [0.15, 0.2) is 5.96 Å². The molecule has 2 saturated carbocycles. The van der Waals surface area contributed by atoms with Crippen molar-refractivity contribution in [1.82, 2.24) is 15.6 Å². The molecule has 6 heteroatoms. The Morgan fingerprint density at radius 2 is 1.92 bits per heavy atom. The molecule has 0 unspecified atom stereocenters. The molecule has 0 bridgehead atoms. The highest BCUT2D eigenvalue weighted by Crippen LogP contribution is 2.48. The molecule has 4 nitrogen and oxygen atoms in total. The summed E-state index contributed by atoms with van der Waals surface area (Å²) in [7, 11) is 0. The van der Waals surface area contributed by atoms with Crippen LogP contribution in [0.4, 0.5) is 0 Å². The van der Waals surface area contributed by atoms with Gasteiger partial charge in [-0.1, -0.05) is 13.8 Å². The number of nitrogens with one attached hydrogen (secondary N) is 2. The zero-order valence-electron chi connectivity index (χ0n) is 15.0. The molecule has 3 rings (SSSR count). The molecule has 0 atom stereocenters. The molecule has 1 aromatic rings. The van der Waals surface area contributed by atoms with Gasteiger partial charge < -0.3 is 10.6 Å². The molecule has 1 aromatic heterocycles. The fourth-order valence-corrected chi connectivity index (χ4v) is 4.01. The lowest BCUT2D eigenvalue weighted by Gasteiger charge is -2.18. The summed E-state index contributed by atoms with van der Waals surface area (Å²) in [6.07, 6.45) is 5.75. The van der Waals surface area contributed by atoms with Crippen molar-refractivity contribution in [2.24, 2.45) is 22.7 Å². The summed E-state index contributed by atoms with van der Waals surface area (Å²) >= 11 is 1.72. The topological polar surface area (TPSA) is 49.3 Å². The second-order valence-corrected chi connectivity index (χ2v) is 8.18. The number of thiazole rings is 1. The molecule has 24 heavy (non-hydrogen) atoms. The Kier molecular flexibility index (Phi) is 7.78. The molecule has 2 N–H and O–H groups in total. The normalized spacial score (nSPS) is 18.0. The van der Waals surface area contributed by atoms with Crippen LogP contribution >= 0.6 is 35.3 Å². The fourth-order valence-electron chi connectivity index (χ4n) is 3.13. The minimum atomic E-state index is 0. The first-order valence-electron chi connectivity index (χ1n) is 9.13. The van der Waals surface area contributed by atoms with Gasteiger partial charge in [-0.25, -0.2) is 9.98 Å². The van der Waals surface area contributed by atoms with Gasteiger partial charge in [-0.3, -0.25) is 0 Å². The van der Waals surface area contributed by atoms with Crippen LogP contribution in [0, 0.1) is 17.8 Å². The zero-order chi connectivity index (χ0) is 16.2. The number of rotatable bonds is 8. The highest BCUT2D eigenvalue weighted by molar-refractivity contribution is 14.0. The first-order chi connectivity index (χ1) is 11.2. The maximum Gasteiger partial charge on any atom is 0.191 e. The van der Waals surface area contributed by atoms with Crippen LogP contribution in [0.1, 0.15) is 63.1 Å². The summed E-state index contributed by atoms with van der Waals surface area (Å²) in [5, 5.41) is 10.2. The van der Waals surface area contributed by atoms with E-state index >= 15 is 0 Å². The summed E-state index contributed by atoms with van der Waals surface area (Å²) in [5.74, 6) is 4.26. The number of guanidine groups is 1. The van der Waals surface area contributed by atoms with Crippen LogP contribution in [0.5, 0.6) is 0 Å². The lowest BCUT2D eigenvalue weighted by atomic mass is 9.98. The Hall–Kier alpha value is -0.370. The van der Waals surface area contributed by atoms with Crippen LogP contribution in [0.25, 0.3) is 0 Å². The van der Waals surface area contributed by atoms with Crippen molar-refractivity contribution in [3.63, 3.8) is 0 Å². The Morgan fingerprint density at radius 1 is 1.25 bits per heavy atom. The van der Waals surface area contributed by atoms with Gasteiger partial charge in [-0.05, 0) is 56.3 Å². The first-order valence-corrected chi connectivity index (χ1v) is 10.0. The third-order valence-corrected chi connectivity index (χ3v) is 5.69. The Bertz CT molecular complexity index is 523. The lowest BCUT2D eigenvalue weighted by molar-refractivity contribution is 0.400. The van der Waals surface area contributed by atoms with Crippen molar-refractivity contribution in [3.8, 4) is 0 Å². The van der Waals surface area contributed by atoms with Crippen molar-refractivity contribution >= 4 is 41.3 Å². The predicted molar refractivity (Wildman–Crippen MR) is 113 cm³/mol. The molecular formula is C18H31IN4S. The van der Waals surface area contributed by atoms with E-state index in [1.165, 1.54) is 31.4 Å². The number of halogens is 1. The highest BCUT2D eigenvalue weighted by Gasteiger charge is 2.41. The Labute approximate surface area is 167 Å². The highest BCUT2D eigenvalue weighted by atomic mass is 127. The third kappa shape index (κ3) is 5.86. The zero-order valence-corrected chi connectivity index (χ0v) is 18.2. The van der Waals surface area contributed by atoms with E-state index in [0.29, 0.717) is 12.5 Å². The minimum absolute atomic E-state index is 0. The number of aliphatic imine (C=N–C) groups is 1. The minimum Gasteiger partial charge on any atom is -0.357 e. The fraction of sp³-hybridized carbons (Fsp3) is 0.778. The van der Waals surface area contributed by atoms with E-state index in [1.54, 1.807) is 11.3 Å². The quantitative estimate of drug-likeness (QED) is 0.343. The van der Waals surface area contributed by atoms with Gasteiger partial charge in [0.1, 0.15) is 5.01 Å². The smallest absolute Gasteiger partial charge is 0.191 e. The standard InChI is InChI=1S/C18H30N4S.HI/c1-4-19-18(20-9-15(13-5-6-13)14-7-8-14)21-10-17-22-16(11-23-17)12(2)3;/h11-15H,4-10H2,1-3H3,(H2,19,20,21);1H. The molecule has 0 saturated heterocycles. The summed E-state index contributed by atoms with van der Waals surface area (Å²) in [6.45, 7) is 9.14. The van der Waals surface area contributed by atoms with Crippen molar-refractivity contribution in [2.75, 3.05) is 13.1 Å². The molecule has 1 heterocycles. The Balaban J connectivity index is 0.00000208. The molecule has 2 fully saturated rings. The maximum atomic E-state index is 4.73. The SMILES string of the molecule is CCNC(=NCc1nc(C(C)C)cs1)NCC(C1CC1)C1CC1.I. The summed E-state index contributed by atoms with van der Waals surface area (Å²) in [5.41, 5.74) is 1.18. The summed E-state index contributed by atoms with van der Waals surface area (Å²) in [4.78, 5) is 9.40. The number of aromatic nitrogens is 1. The molecule has 0 radical (unpaired) electrons. The van der Waals surface area contributed by atoms with E-state index in [4.69, 9.17) is 4.99 Å². The molecule has 0 aliphatic heterocycles. The van der Waals surface area contributed by atoms with Crippen LogP contribution in [0.2, 0.25) is 0 Å². The lowest BCUT2D eigenvalue weighted by Crippen LogP contribution is -2.40. The van der Waals surface area contributed by atoms with E-state index in [2.05, 4.69) is 41.8 Å². The van der Waals surface area contributed by atoms with Gasteiger partial charge >= 0.3 is 0 Å². The van der Waals surface area contributed by atoms with Crippen molar-refractivity contribution in [2.45, 2.75) is 58.9 Å². The van der Waals surface area contributed by atoms with Crippen LogP contribution in [-0.2, 0) is 6.54 Å². The molecular weight excluding hydrogens is 431 g/mol.